The molecular formula is C21H36O2. The van der Waals surface area contributed by atoms with Gasteiger partial charge >= 0.3 is 0 Å². The monoisotopic (exact) mass is 320 g/mol. The summed E-state index contributed by atoms with van der Waals surface area (Å²) in [5.41, 5.74) is 1.21. The lowest BCUT2D eigenvalue weighted by molar-refractivity contribution is 0.0936. The number of rotatable bonds is 15. The first kappa shape index (κ1) is 20.2. The largest absolute Gasteiger partial charge is 0.393 e. The van der Waals surface area contributed by atoms with Crippen molar-refractivity contribution >= 4 is 0 Å². The molecule has 0 saturated heterocycles. The molecule has 0 fully saturated rings. The van der Waals surface area contributed by atoms with Gasteiger partial charge in [-0.25, -0.2) is 0 Å². The van der Waals surface area contributed by atoms with E-state index in [-0.39, 0.29) is 6.10 Å². The smallest absolute Gasteiger partial charge is 0.0716 e. The van der Waals surface area contributed by atoms with Crippen molar-refractivity contribution < 1.29 is 9.84 Å². The van der Waals surface area contributed by atoms with Crippen LogP contribution < -0.4 is 0 Å². The van der Waals surface area contributed by atoms with Gasteiger partial charge in [0, 0.05) is 6.61 Å². The van der Waals surface area contributed by atoms with E-state index in [0.717, 1.165) is 25.9 Å². The van der Waals surface area contributed by atoms with Crippen LogP contribution in [0.2, 0.25) is 0 Å². The van der Waals surface area contributed by atoms with Gasteiger partial charge in [-0.3, -0.25) is 0 Å². The number of unbranched alkanes of at least 4 members (excludes halogenated alkanes) is 7. The molecule has 132 valence electrons. The Labute approximate surface area is 143 Å². The first-order valence-corrected chi connectivity index (χ1v) is 9.62. The van der Waals surface area contributed by atoms with E-state index < -0.39 is 0 Å². The summed E-state index contributed by atoms with van der Waals surface area (Å²) < 4.78 is 5.65. The van der Waals surface area contributed by atoms with E-state index in [2.05, 4.69) is 19.1 Å². The van der Waals surface area contributed by atoms with Crippen LogP contribution in [0, 0.1) is 0 Å². The number of aliphatic hydroxyl groups is 1. The minimum Gasteiger partial charge on any atom is -0.393 e. The van der Waals surface area contributed by atoms with Gasteiger partial charge in [0.1, 0.15) is 0 Å². The average molecular weight is 321 g/mol. The molecule has 1 aromatic rings. The van der Waals surface area contributed by atoms with Crippen LogP contribution in [0.3, 0.4) is 0 Å². The maximum absolute atomic E-state index is 9.98. The van der Waals surface area contributed by atoms with E-state index in [0.29, 0.717) is 6.61 Å². The van der Waals surface area contributed by atoms with Gasteiger partial charge in [-0.1, -0.05) is 88.6 Å². The van der Waals surface area contributed by atoms with Gasteiger partial charge in [0.05, 0.1) is 12.7 Å². The molecule has 1 unspecified atom stereocenters. The third-order valence-corrected chi connectivity index (χ3v) is 4.33. The Hall–Kier alpha value is -0.860. The van der Waals surface area contributed by atoms with Crippen molar-refractivity contribution in [2.45, 2.75) is 90.3 Å². The van der Waals surface area contributed by atoms with Crippen molar-refractivity contribution in [2.75, 3.05) is 6.61 Å². The molecule has 0 radical (unpaired) electrons. The zero-order chi connectivity index (χ0) is 16.6. The Morgan fingerprint density at radius 1 is 0.826 bits per heavy atom. The van der Waals surface area contributed by atoms with Crippen LogP contribution in [0.5, 0.6) is 0 Å². The van der Waals surface area contributed by atoms with Crippen LogP contribution in [0.25, 0.3) is 0 Å². The van der Waals surface area contributed by atoms with Crippen LogP contribution in [0.15, 0.2) is 30.3 Å². The lowest BCUT2D eigenvalue weighted by atomic mass is 10.0. The quantitative estimate of drug-likeness (QED) is 0.409. The minimum absolute atomic E-state index is 0.143. The topological polar surface area (TPSA) is 29.5 Å². The molecule has 0 aliphatic heterocycles. The van der Waals surface area contributed by atoms with E-state index >= 15 is 0 Å². The standard InChI is InChI=1S/C21H36O2/c1-2-3-4-5-6-7-8-12-16-21(22)17-13-18-23-19-20-14-10-9-11-15-20/h9-11,14-15,21-22H,2-8,12-13,16-19H2,1H3. The second kappa shape index (κ2) is 14.7. The van der Waals surface area contributed by atoms with E-state index in [4.69, 9.17) is 4.74 Å². The summed E-state index contributed by atoms with van der Waals surface area (Å²) in [6, 6.07) is 10.2. The third-order valence-electron chi connectivity index (χ3n) is 4.33. The van der Waals surface area contributed by atoms with E-state index in [1.165, 1.54) is 56.9 Å². The molecule has 0 bridgehead atoms. The summed E-state index contributed by atoms with van der Waals surface area (Å²) in [5, 5.41) is 9.98. The van der Waals surface area contributed by atoms with Gasteiger partial charge in [0.15, 0.2) is 0 Å². The number of hydrogen-bond donors (Lipinski definition) is 1. The number of benzene rings is 1. The zero-order valence-electron chi connectivity index (χ0n) is 15.0. The van der Waals surface area contributed by atoms with Gasteiger partial charge in [-0.05, 0) is 24.8 Å². The summed E-state index contributed by atoms with van der Waals surface area (Å²) >= 11 is 0. The van der Waals surface area contributed by atoms with Gasteiger partial charge < -0.3 is 9.84 Å². The molecule has 0 aromatic heterocycles. The molecular weight excluding hydrogens is 284 g/mol. The average Bonchev–Trinajstić information content (AvgIpc) is 2.58. The second-order valence-electron chi connectivity index (χ2n) is 6.60. The number of hydrogen-bond acceptors (Lipinski definition) is 2. The van der Waals surface area contributed by atoms with Crippen LogP contribution >= 0.6 is 0 Å². The molecule has 0 aliphatic carbocycles. The van der Waals surface area contributed by atoms with Crippen molar-refractivity contribution in [1.82, 2.24) is 0 Å². The van der Waals surface area contributed by atoms with Crippen molar-refractivity contribution in [3.8, 4) is 0 Å². The molecule has 1 rings (SSSR count). The Kier molecular flexibility index (Phi) is 12.9. The Balaban J connectivity index is 1.84. The summed E-state index contributed by atoms with van der Waals surface area (Å²) in [5.74, 6) is 0. The fourth-order valence-corrected chi connectivity index (χ4v) is 2.84. The summed E-state index contributed by atoms with van der Waals surface area (Å²) in [4.78, 5) is 0. The lowest BCUT2D eigenvalue weighted by Crippen LogP contribution is -2.08. The molecule has 0 amide bonds. The van der Waals surface area contributed by atoms with Crippen molar-refractivity contribution in [3.05, 3.63) is 35.9 Å². The van der Waals surface area contributed by atoms with Crippen molar-refractivity contribution in [2.24, 2.45) is 0 Å². The van der Waals surface area contributed by atoms with Crippen LogP contribution in [-0.2, 0) is 11.3 Å². The molecule has 23 heavy (non-hydrogen) atoms. The normalized spacial score (nSPS) is 12.4. The zero-order valence-corrected chi connectivity index (χ0v) is 15.0. The predicted molar refractivity (Wildman–Crippen MR) is 98.6 cm³/mol. The van der Waals surface area contributed by atoms with Gasteiger partial charge in [0.25, 0.3) is 0 Å². The maximum atomic E-state index is 9.98. The molecule has 0 heterocycles. The molecule has 0 spiro atoms. The highest BCUT2D eigenvalue weighted by Gasteiger charge is 2.04. The highest BCUT2D eigenvalue weighted by molar-refractivity contribution is 5.13. The first-order valence-electron chi connectivity index (χ1n) is 9.62. The molecule has 2 nitrogen and oxygen atoms in total. The molecule has 1 N–H and O–H groups in total. The molecule has 1 aromatic carbocycles. The maximum Gasteiger partial charge on any atom is 0.0716 e. The summed E-state index contributed by atoms with van der Waals surface area (Å²) in [7, 11) is 0. The third kappa shape index (κ3) is 12.3. The van der Waals surface area contributed by atoms with Crippen molar-refractivity contribution in [1.29, 1.82) is 0 Å². The highest BCUT2D eigenvalue weighted by atomic mass is 16.5. The summed E-state index contributed by atoms with van der Waals surface area (Å²) in [6.45, 7) is 3.67. The van der Waals surface area contributed by atoms with Crippen LogP contribution in [-0.4, -0.2) is 17.8 Å². The Morgan fingerprint density at radius 2 is 1.43 bits per heavy atom. The molecule has 2 heteroatoms. The predicted octanol–water partition coefficient (Wildman–Crippen LogP) is 5.88. The van der Waals surface area contributed by atoms with E-state index in [9.17, 15) is 5.11 Å². The molecule has 0 aliphatic rings. The SMILES string of the molecule is CCCCCCCCCCC(O)CCCOCc1ccccc1. The van der Waals surface area contributed by atoms with Gasteiger partial charge in [0.2, 0.25) is 0 Å². The first-order chi connectivity index (χ1) is 11.3. The van der Waals surface area contributed by atoms with E-state index in [1.54, 1.807) is 0 Å². The van der Waals surface area contributed by atoms with Crippen molar-refractivity contribution in [3.63, 3.8) is 0 Å². The second-order valence-corrected chi connectivity index (χ2v) is 6.60. The Morgan fingerprint density at radius 3 is 2.13 bits per heavy atom. The van der Waals surface area contributed by atoms with E-state index in [1.807, 2.05) is 18.2 Å². The van der Waals surface area contributed by atoms with Gasteiger partial charge in [-0.2, -0.15) is 0 Å². The fraction of sp³-hybridized carbons (Fsp3) is 0.714. The van der Waals surface area contributed by atoms with Gasteiger partial charge in [-0.15, -0.1) is 0 Å². The minimum atomic E-state index is -0.143. The number of ether oxygens (including phenoxy) is 1. The highest BCUT2D eigenvalue weighted by Crippen LogP contribution is 2.12. The Bertz CT molecular complexity index is 350. The van der Waals surface area contributed by atoms with Crippen LogP contribution in [0.1, 0.15) is 83.1 Å². The summed E-state index contributed by atoms with van der Waals surface area (Å²) in [6.07, 6.45) is 13.2. The van der Waals surface area contributed by atoms with Crippen LogP contribution in [0.4, 0.5) is 0 Å². The molecule has 0 saturated carbocycles. The fourth-order valence-electron chi connectivity index (χ4n) is 2.84. The lowest BCUT2D eigenvalue weighted by Gasteiger charge is -2.10. The molecule has 1 atom stereocenters. The number of aliphatic hydroxyl groups excluding tert-OH is 1.